The molecule has 2 aromatic rings. The highest BCUT2D eigenvalue weighted by Crippen LogP contribution is 2.24. The Hall–Kier alpha value is -1.21. The average molecular weight is 399 g/mol. The van der Waals surface area contributed by atoms with Crippen LogP contribution < -0.4 is 10.1 Å². The summed E-state index contributed by atoms with van der Waals surface area (Å²) in [5.74, 6) is 0.538. The number of benzene rings is 2. The SMILES string of the molecule is CSc1ccccc1NC(=O)COc1cccc(I)c1. The van der Waals surface area contributed by atoms with Crippen LogP contribution in [0.3, 0.4) is 0 Å². The minimum Gasteiger partial charge on any atom is -0.484 e. The van der Waals surface area contributed by atoms with Gasteiger partial charge in [0.25, 0.3) is 5.91 Å². The van der Waals surface area contributed by atoms with Crippen molar-refractivity contribution < 1.29 is 9.53 Å². The van der Waals surface area contributed by atoms with Gasteiger partial charge in [-0.15, -0.1) is 11.8 Å². The molecule has 0 spiro atoms. The molecule has 0 aliphatic carbocycles. The summed E-state index contributed by atoms with van der Waals surface area (Å²) in [6, 6.07) is 15.3. The summed E-state index contributed by atoms with van der Waals surface area (Å²) in [5.41, 5.74) is 0.816. The van der Waals surface area contributed by atoms with E-state index in [0.29, 0.717) is 5.75 Å². The number of halogens is 1. The van der Waals surface area contributed by atoms with Gasteiger partial charge >= 0.3 is 0 Å². The van der Waals surface area contributed by atoms with Crippen LogP contribution in [0.4, 0.5) is 5.69 Å². The van der Waals surface area contributed by atoms with Gasteiger partial charge in [0, 0.05) is 8.47 Å². The number of hydrogen-bond acceptors (Lipinski definition) is 3. The van der Waals surface area contributed by atoms with Gasteiger partial charge in [0.1, 0.15) is 5.75 Å². The molecule has 0 aliphatic rings. The summed E-state index contributed by atoms with van der Waals surface area (Å²) in [5, 5.41) is 2.86. The third-order valence-corrected chi connectivity index (χ3v) is 4.01. The van der Waals surface area contributed by atoms with Crippen molar-refractivity contribution in [1.82, 2.24) is 0 Å². The number of anilines is 1. The largest absolute Gasteiger partial charge is 0.484 e. The number of carbonyl (C=O) groups is 1. The van der Waals surface area contributed by atoms with Gasteiger partial charge in [0.05, 0.1) is 5.69 Å². The van der Waals surface area contributed by atoms with E-state index in [1.54, 1.807) is 11.8 Å². The molecule has 0 unspecified atom stereocenters. The Kier molecular flexibility index (Phi) is 5.72. The van der Waals surface area contributed by atoms with E-state index in [1.165, 1.54) is 0 Å². The molecule has 0 atom stereocenters. The minimum absolute atomic E-state index is 0.00279. The third-order valence-electron chi connectivity index (χ3n) is 2.55. The van der Waals surface area contributed by atoms with E-state index in [4.69, 9.17) is 4.74 Å². The molecular weight excluding hydrogens is 385 g/mol. The number of ether oxygens (including phenoxy) is 1. The quantitative estimate of drug-likeness (QED) is 0.610. The standard InChI is InChI=1S/C15H14INO2S/c1-20-14-8-3-2-7-13(14)17-15(18)10-19-12-6-4-5-11(16)9-12/h2-9H,10H2,1H3,(H,17,18). The minimum atomic E-state index is -0.162. The fourth-order valence-corrected chi connectivity index (χ4v) is 2.71. The van der Waals surface area contributed by atoms with Crippen molar-refractivity contribution in [1.29, 1.82) is 0 Å². The molecule has 1 N–H and O–H groups in total. The Morgan fingerprint density at radius 3 is 2.80 bits per heavy atom. The van der Waals surface area contributed by atoms with Gasteiger partial charge in [0.2, 0.25) is 0 Å². The van der Waals surface area contributed by atoms with Crippen LogP contribution >= 0.6 is 34.4 Å². The molecule has 0 saturated heterocycles. The summed E-state index contributed by atoms with van der Waals surface area (Å²) < 4.78 is 6.55. The van der Waals surface area contributed by atoms with Crippen LogP contribution in [-0.2, 0) is 4.79 Å². The molecule has 0 heterocycles. The molecule has 5 heteroatoms. The molecule has 2 rings (SSSR count). The van der Waals surface area contributed by atoms with Crippen molar-refractivity contribution in [3.63, 3.8) is 0 Å². The second-order valence-corrected chi connectivity index (χ2v) is 6.09. The van der Waals surface area contributed by atoms with E-state index in [9.17, 15) is 4.79 Å². The molecule has 3 nitrogen and oxygen atoms in total. The molecule has 20 heavy (non-hydrogen) atoms. The molecule has 0 fully saturated rings. The van der Waals surface area contributed by atoms with Gasteiger partial charge in [-0.2, -0.15) is 0 Å². The number of para-hydroxylation sites is 1. The Morgan fingerprint density at radius 1 is 1.25 bits per heavy atom. The van der Waals surface area contributed by atoms with E-state index in [1.807, 2.05) is 54.8 Å². The highest BCUT2D eigenvalue weighted by atomic mass is 127. The molecule has 0 saturated carbocycles. The summed E-state index contributed by atoms with van der Waals surface area (Å²) >= 11 is 3.80. The molecule has 2 aromatic carbocycles. The number of thioether (sulfide) groups is 1. The maximum absolute atomic E-state index is 11.9. The first kappa shape index (κ1) is 15.2. The van der Waals surface area contributed by atoms with Crippen molar-refractivity contribution in [2.75, 3.05) is 18.2 Å². The fraction of sp³-hybridized carbons (Fsp3) is 0.133. The normalized spacial score (nSPS) is 10.1. The summed E-state index contributed by atoms with van der Waals surface area (Å²) in [6.07, 6.45) is 1.98. The third kappa shape index (κ3) is 4.42. The molecule has 1 amide bonds. The smallest absolute Gasteiger partial charge is 0.262 e. The summed E-state index contributed by atoms with van der Waals surface area (Å²) in [7, 11) is 0. The number of nitrogens with one attached hydrogen (secondary N) is 1. The maximum atomic E-state index is 11.9. The number of rotatable bonds is 5. The average Bonchev–Trinajstić information content (AvgIpc) is 2.46. The van der Waals surface area contributed by atoms with Crippen LogP contribution in [0.1, 0.15) is 0 Å². The van der Waals surface area contributed by atoms with Gasteiger partial charge in [-0.25, -0.2) is 0 Å². The fourth-order valence-electron chi connectivity index (χ4n) is 1.64. The van der Waals surface area contributed by atoms with Gasteiger partial charge in [0.15, 0.2) is 6.61 Å². The summed E-state index contributed by atoms with van der Waals surface area (Å²) in [4.78, 5) is 12.9. The lowest BCUT2D eigenvalue weighted by atomic mass is 10.3. The van der Waals surface area contributed by atoms with Gasteiger partial charge in [-0.1, -0.05) is 18.2 Å². The van der Waals surface area contributed by atoms with Crippen molar-refractivity contribution in [3.8, 4) is 5.75 Å². The van der Waals surface area contributed by atoms with Crippen molar-refractivity contribution in [2.45, 2.75) is 4.90 Å². The topological polar surface area (TPSA) is 38.3 Å². The van der Waals surface area contributed by atoms with E-state index in [2.05, 4.69) is 27.9 Å². The second-order valence-electron chi connectivity index (χ2n) is 3.99. The number of carbonyl (C=O) groups excluding carboxylic acids is 1. The molecule has 0 aromatic heterocycles. The monoisotopic (exact) mass is 399 g/mol. The molecule has 0 bridgehead atoms. The zero-order valence-electron chi connectivity index (χ0n) is 10.9. The van der Waals surface area contributed by atoms with Crippen LogP contribution in [0, 0.1) is 3.57 Å². The Bertz CT molecular complexity index is 604. The molecule has 104 valence electrons. The highest BCUT2D eigenvalue weighted by molar-refractivity contribution is 14.1. The summed E-state index contributed by atoms with van der Waals surface area (Å²) in [6.45, 7) is 0.00279. The lowest BCUT2D eigenvalue weighted by Crippen LogP contribution is -2.20. The Morgan fingerprint density at radius 2 is 2.05 bits per heavy atom. The molecule has 0 aliphatic heterocycles. The number of hydrogen-bond donors (Lipinski definition) is 1. The molecular formula is C15H14INO2S. The Balaban J connectivity index is 1.93. The first-order valence-corrected chi connectivity index (χ1v) is 8.30. The lowest BCUT2D eigenvalue weighted by molar-refractivity contribution is -0.118. The first-order chi connectivity index (χ1) is 9.69. The zero-order valence-corrected chi connectivity index (χ0v) is 13.9. The van der Waals surface area contributed by atoms with Crippen LogP contribution in [0.25, 0.3) is 0 Å². The van der Waals surface area contributed by atoms with Gasteiger partial charge in [-0.05, 0) is 59.2 Å². The highest BCUT2D eigenvalue weighted by Gasteiger charge is 2.06. The maximum Gasteiger partial charge on any atom is 0.262 e. The molecule has 0 radical (unpaired) electrons. The van der Waals surface area contributed by atoms with E-state index in [0.717, 1.165) is 14.2 Å². The van der Waals surface area contributed by atoms with E-state index < -0.39 is 0 Å². The Labute approximate surface area is 136 Å². The van der Waals surface area contributed by atoms with E-state index in [-0.39, 0.29) is 12.5 Å². The van der Waals surface area contributed by atoms with Crippen LogP contribution in [0.15, 0.2) is 53.4 Å². The number of amides is 1. The van der Waals surface area contributed by atoms with Gasteiger partial charge < -0.3 is 10.1 Å². The predicted octanol–water partition coefficient (Wildman–Crippen LogP) is 4.03. The lowest BCUT2D eigenvalue weighted by Gasteiger charge is -2.10. The van der Waals surface area contributed by atoms with E-state index >= 15 is 0 Å². The van der Waals surface area contributed by atoms with Crippen LogP contribution in [-0.4, -0.2) is 18.8 Å². The zero-order chi connectivity index (χ0) is 14.4. The second kappa shape index (κ2) is 7.54. The van der Waals surface area contributed by atoms with Crippen molar-refractivity contribution in [3.05, 3.63) is 52.1 Å². The van der Waals surface area contributed by atoms with Gasteiger partial charge in [-0.3, -0.25) is 4.79 Å². The van der Waals surface area contributed by atoms with Crippen molar-refractivity contribution >= 4 is 45.9 Å². The first-order valence-electron chi connectivity index (χ1n) is 6.00. The predicted molar refractivity (Wildman–Crippen MR) is 91.5 cm³/mol. The van der Waals surface area contributed by atoms with Crippen LogP contribution in [0.2, 0.25) is 0 Å². The van der Waals surface area contributed by atoms with Crippen LogP contribution in [0.5, 0.6) is 5.75 Å². The van der Waals surface area contributed by atoms with Crippen molar-refractivity contribution in [2.24, 2.45) is 0 Å².